The fraction of sp³-hybridized carbons (Fsp3) is 0.0556. The van der Waals surface area contributed by atoms with Crippen molar-refractivity contribution in [3.05, 3.63) is 83.7 Å². The van der Waals surface area contributed by atoms with Crippen LogP contribution in [0, 0.1) is 6.92 Å². The predicted octanol–water partition coefficient (Wildman–Crippen LogP) is 4.35. The Morgan fingerprint density at radius 3 is 2.55 bits per heavy atom. The summed E-state index contributed by atoms with van der Waals surface area (Å²) in [7, 11) is 0. The molecule has 0 aliphatic heterocycles. The van der Waals surface area contributed by atoms with Gasteiger partial charge < -0.3 is 0 Å². The van der Waals surface area contributed by atoms with Gasteiger partial charge in [-0.25, -0.2) is 4.68 Å². The third kappa shape index (κ3) is 2.69. The van der Waals surface area contributed by atoms with E-state index in [1.54, 1.807) is 6.20 Å². The fourth-order valence-corrected chi connectivity index (χ4v) is 2.15. The smallest absolute Gasteiger partial charge is 0.0720 e. The molecule has 1 heterocycles. The van der Waals surface area contributed by atoms with Crippen LogP contribution in [0.5, 0.6) is 0 Å². The molecule has 3 rings (SSSR count). The van der Waals surface area contributed by atoms with Crippen LogP contribution >= 0.6 is 0 Å². The highest BCUT2D eigenvalue weighted by molar-refractivity contribution is 5.74. The molecular weight excluding hydrogens is 244 g/mol. The van der Waals surface area contributed by atoms with Crippen LogP contribution in [-0.4, -0.2) is 9.78 Å². The summed E-state index contributed by atoms with van der Waals surface area (Å²) in [6, 6.07) is 18.6. The molecule has 2 aromatic carbocycles. The molecule has 98 valence electrons. The van der Waals surface area contributed by atoms with Gasteiger partial charge in [0.25, 0.3) is 0 Å². The molecule has 0 unspecified atom stereocenters. The van der Waals surface area contributed by atoms with Crippen molar-refractivity contribution in [2.75, 3.05) is 0 Å². The van der Waals surface area contributed by atoms with Gasteiger partial charge in [0, 0.05) is 18.0 Å². The van der Waals surface area contributed by atoms with E-state index in [-0.39, 0.29) is 0 Å². The molecule has 0 saturated carbocycles. The molecule has 0 N–H and O–H groups in total. The Hall–Kier alpha value is -2.61. The van der Waals surface area contributed by atoms with Crippen molar-refractivity contribution in [3.8, 4) is 5.69 Å². The molecule has 20 heavy (non-hydrogen) atoms. The van der Waals surface area contributed by atoms with Gasteiger partial charge in [0.05, 0.1) is 5.69 Å². The van der Waals surface area contributed by atoms with Gasteiger partial charge in [0.15, 0.2) is 0 Å². The summed E-state index contributed by atoms with van der Waals surface area (Å²) in [6.07, 6.45) is 8.02. The molecule has 1 aromatic heterocycles. The maximum absolute atomic E-state index is 4.33. The highest BCUT2D eigenvalue weighted by atomic mass is 15.3. The minimum Gasteiger partial charge on any atom is -0.240 e. The zero-order valence-electron chi connectivity index (χ0n) is 11.4. The van der Waals surface area contributed by atoms with Crippen molar-refractivity contribution >= 4 is 12.2 Å². The number of aryl methyl sites for hydroxylation is 1. The van der Waals surface area contributed by atoms with Gasteiger partial charge in [-0.1, -0.05) is 54.6 Å². The van der Waals surface area contributed by atoms with Crippen LogP contribution in [0.15, 0.2) is 67.0 Å². The molecule has 0 aliphatic carbocycles. The number of aromatic nitrogens is 2. The van der Waals surface area contributed by atoms with Gasteiger partial charge in [0.2, 0.25) is 0 Å². The topological polar surface area (TPSA) is 17.8 Å². The zero-order valence-corrected chi connectivity index (χ0v) is 11.4. The Bertz CT molecular complexity index is 710. The van der Waals surface area contributed by atoms with Gasteiger partial charge in [-0.2, -0.15) is 5.10 Å². The van der Waals surface area contributed by atoms with Crippen molar-refractivity contribution in [2.24, 2.45) is 0 Å². The maximum Gasteiger partial charge on any atom is 0.0720 e. The fourth-order valence-electron chi connectivity index (χ4n) is 2.15. The largest absolute Gasteiger partial charge is 0.240 e. The van der Waals surface area contributed by atoms with Crippen LogP contribution in [0.2, 0.25) is 0 Å². The Morgan fingerprint density at radius 2 is 1.80 bits per heavy atom. The van der Waals surface area contributed by atoms with Gasteiger partial charge in [-0.05, 0) is 30.2 Å². The van der Waals surface area contributed by atoms with E-state index in [4.69, 9.17) is 0 Å². The maximum atomic E-state index is 4.33. The van der Waals surface area contributed by atoms with Crippen molar-refractivity contribution in [2.45, 2.75) is 6.92 Å². The summed E-state index contributed by atoms with van der Waals surface area (Å²) < 4.78 is 1.90. The third-order valence-corrected chi connectivity index (χ3v) is 3.19. The molecule has 0 atom stereocenters. The van der Waals surface area contributed by atoms with Crippen molar-refractivity contribution in [1.29, 1.82) is 0 Å². The monoisotopic (exact) mass is 260 g/mol. The Morgan fingerprint density at radius 1 is 0.950 bits per heavy atom. The second kappa shape index (κ2) is 5.57. The second-order valence-corrected chi connectivity index (χ2v) is 4.76. The first-order chi connectivity index (χ1) is 9.83. The lowest BCUT2D eigenvalue weighted by Crippen LogP contribution is -1.97. The predicted molar refractivity (Wildman–Crippen MR) is 83.7 cm³/mol. The number of hydrogen-bond acceptors (Lipinski definition) is 1. The van der Waals surface area contributed by atoms with Crippen molar-refractivity contribution in [3.63, 3.8) is 0 Å². The summed E-state index contributed by atoms with van der Waals surface area (Å²) in [6.45, 7) is 2.09. The molecule has 0 amide bonds. The first-order valence-corrected chi connectivity index (χ1v) is 6.67. The zero-order chi connectivity index (χ0) is 13.8. The van der Waals surface area contributed by atoms with Crippen LogP contribution in [0.25, 0.3) is 17.8 Å². The minimum atomic E-state index is 1.10. The molecule has 0 bridgehead atoms. The Kier molecular flexibility index (Phi) is 3.46. The SMILES string of the molecule is Cc1ccc(/C=C/c2ccccc2)c(-n2cccn2)c1. The molecule has 2 heteroatoms. The molecule has 0 aliphatic rings. The molecule has 0 fully saturated rings. The lowest BCUT2D eigenvalue weighted by Gasteiger charge is -2.07. The van der Waals surface area contributed by atoms with E-state index in [9.17, 15) is 0 Å². The van der Waals surface area contributed by atoms with E-state index in [2.05, 4.69) is 54.5 Å². The number of rotatable bonds is 3. The van der Waals surface area contributed by atoms with E-state index >= 15 is 0 Å². The average molecular weight is 260 g/mol. The summed E-state index contributed by atoms with van der Waals surface area (Å²) in [4.78, 5) is 0. The van der Waals surface area contributed by atoms with E-state index in [0.29, 0.717) is 0 Å². The molecule has 2 nitrogen and oxygen atoms in total. The summed E-state index contributed by atoms with van der Waals surface area (Å²) in [5.74, 6) is 0. The molecule has 0 radical (unpaired) electrons. The number of hydrogen-bond donors (Lipinski definition) is 0. The summed E-state index contributed by atoms with van der Waals surface area (Å²) in [5, 5.41) is 4.33. The van der Waals surface area contributed by atoms with Crippen molar-refractivity contribution < 1.29 is 0 Å². The standard InChI is InChI=1S/C18H16N2/c1-15-8-10-17(11-9-16-6-3-2-4-7-16)18(14-15)20-13-5-12-19-20/h2-14H,1H3/b11-9+. The van der Waals surface area contributed by atoms with Crippen LogP contribution in [0.1, 0.15) is 16.7 Å². The first kappa shape index (κ1) is 12.4. The Labute approximate surface area is 119 Å². The van der Waals surface area contributed by atoms with Crippen LogP contribution in [0.4, 0.5) is 0 Å². The van der Waals surface area contributed by atoms with Gasteiger partial charge in [-0.15, -0.1) is 0 Å². The van der Waals surface area contributed by atoms with Crippen LogP contribution in [-0.2, 0) is 0 Å². The number of nitrogens with zero attached hydrogens (tertiary/aromatic N) is 2. The summed E-state index contributed by atoms with van der Waals surface area (Å²) in [5.41, 5.74) is 4.68. The lowest BCUT2D eigenvalue weighted by atomic mass is 10.1. The normalized spacial score (nSPS) is 11.1. The quantitative estimate of drug-likeness (QED) is 0.640. The van der Waals surface area contributed by atoms with Crippen LogP contribution < -0.4 is 0 Å². The van der Waals surface area contributed by atoms with Crippen LogP contribution in [0.3, 0.4) is 0 Å². The highest BCUT2D eigenvalue weighted by Gasteiger charge is 2.02. The molecule has 0 spiro atoms. The highest BCUT2D eigenvalue weighted by Crippen LogP contribution is 2.18. The average Bonchev–Trinajstić information content (AvgIpc) is 3.01. The van der Waals surface area contributed by atoms with Crippen molar-refractivity contribution in [1.82, 2.24) is 9.78 Å². The van der Waals surface area contributed by atoms with E-state index in [1.807, 2.05) is 35.1 Å². The Balaban J connectivity index is 2.00. The first-order valence-electron chi connectivity index (χ1n) is 6.67. The second-order valence-electron chi connectivity index (χ2n) is 4.76. The van der Waals surface area contributed by atoms with E-state index in [1.165, 1.54) is 11.1 Å². The molecule has 0 saturated heterocycles. The van der Waals surface area contributed by atoms with Gasteiger partial charge in [0.1, 0.15) is 0 Å². The summed E-state index contributed by atoms with van der Waals surface area (Å²) >= 11 is 0. The van der Waals surface area contributed by atoms with E-state index < -0.39 is 0 Å². The lowest BCUT2D eigenvalue weighted by molar-refractivity contribution is 0.877. The van der Waals surface area contributed by atoms with Gasteiger partial charge >= 0.3 is 0 Å². The molecular formula is C18H16N2. The van der Waals surface area contributed by atoms with E-state index in [0.717, 1.165) is 11.3 Å². The third-order valence-electron chi connectivity index (χ3n) is 3.19. The molecule has 3 aromatic rings. The number of benzene rings is 2. The minimum absolute atomic E-state index is 1.10. The van der Waals surface area contributed by atoms with Gasteiger partial charge in [-0.3, -0.25) is 0 Å².